The van der Waals surface area contributed by atoms with Gasteiger partial charge in [0.25, 0.3) is 5.91 Å². The Labute approximate surface area is 115 Å². The number of halogens is 3. The van der Waals surface area contributed by atoms with Crippen LogP contribution in [0.15, 0.2) is 24.3 Å². The largest absolute Gasteiger partial charge is 0.435 e. The Kier molecular flexibility index (Phi) is 6.56. The van der Waals surface area contributed by atoms with Crippen LogP contribution >= 0.6 is 11.6 Å². The van der Waals surface area contributed by atoms with E-state index in [1.807, 2.05) is 6.92 Å². The van der Waals surface area contributed by atoms with Crippen LogP contribution < -0.4 is 10.1 Å². The summed E-state index contributed by atoms with van der Waals surface area (Å²) in [5.41, 5.74) is 0.402. The quantitative estimate of drug-likeness (QED) is 0.782. The standard InChI is InChI=1S/C13H16ClF2NO2/c1-9(3-2-8-14)17-12(18)10-4-6-11(7-5-10)19-13(15)16/h4-7,9,13H,2-3,8H2,1H3,(H,17,18). The molecule has 3 nitrogen and oxygen atoms in total. The molecular formula is C13H16ClF2NO2. The molecule has 19 heavy (non-hydrogen) atoms. The Morgan fingerprint density at radius 2 is 2.00 bits per heavy atom. The molecule has 1 rings (SSSR count). The van der Waals surface area contributed by atoms with Crippen molar-refractivity contribution in [1.82, 2.24) is 5.32 Å². The molecule has 0 saturated heterocycles. The van der Waals surface area contributed by atoms with Crippen LogP contribution in [-0.2, 0) is 0 Å². The van der Waals surface area contributed by atoms with E-state index in [2.05, 4.69) is 10.1 Å². The molecule has 0 spiro atoms. The minimum atomic E-state index is -2.87. The lowest BCUT2D eigenvalue weighted by Crippen LogP contribution is -2.32. The first-order chi connectivity index (χ1) is 9.02. The zero-order valence-electron chi connectivity index (χ0n) is 10.5. The predicted molar refractivity (Wildman–Crippen MR) is 70.0 cm³/mol. The summed E-state index contributed by atoms with van der Waals surface area (Å²) in [5, 5.41) is 2.80. The lowest BCUT2D eigenvalue weighted by atomic mass is 10.1. The van der Waals surface area contributed by atoms with Gasteiger partial charge >= 0.3 is 6.61 Å². The van der Waals surface area contributed by atoms with Crippen LogP contribution in [0.1, 0.15) is 30.1 Å². The van der Waals surface area contributed by atoms with Gasteiger partial charge in [0.05, 0.1) is 0 Å². The Balaban J connectivity index is 2.53. The van der Waals surface area contributed by atoms with Gasteiger partial charge in [-0.05, 0) is 44.0 Å². The number of alkyl halides is 3. The summed E-state index contributed by atoms with van der Waals surface area (Å²) in [6, 6.07) is 5.58. The number of hydrogen-bond donors (Lipinski definition) is 1. The molecule has 1 atom stereocenters. The van der Waals surface area contributed by atoms with Crippen LogP contribution in [0.5, 0.6) is 5.75 Å². The molecule has 0 radical (unpaired) electrons. The van der Waals surface area contributed by atoms with Crippen molar-refractivity contribution in [2.24, 2.45) is 0 Å². The van der Waals surface area contributed by atoms with Gasteiger partial charge in [-0.2, -0.15) is 8.78 Å². The molecule has 1 N–H and O–H groups in total. The van der Waals surface area contributed by atoms with E-state index in [1.165, 1.54) is 24.3 Å². The smallest absolute Gasteiger partial charge is 0.387 e. The van der Waals surface area contributed by atoms with Crippen LogP contribution in [0.4, 0.5) is 8.78 Å². The van der Waals surface area contributed by atoms with Crippen LogP contribution in [0.25, 0.3) is 0 Å². The third-order valence-corrected chi connectivity index (χ3v) is 2.76. The Hall–Kier alpha value is -1.36. The molecule has 0 aromatic heterocycles. The summed E-state index contributed by atoms with van der Waals surface area (Å²) in [7, 11) is 0. The third-order valence-electron chi connectivity index (χ3n) is 2.49. The van der Waals surface area contributed by atoms with Gasteiger partial charge in [0.2, 0.25) is 0 Å². The number of carbonyl (C=O) groups excluding carboxylic acids is 1. The van der Waals surface area contributed by atoms with Gasteiger partial charge in [-0.3, -0.25) is 4.79 Å². The summed E-state index contributed by atoms with van der Waals surface area (Å²) in [6.45, 7) is -0.978. The molecule has 1 aromatic carbocycles. The number of carbonyl (C=O) groups is 1. The van der Waals surface area contributed by atoms with Crippen LogP contribution in [0, 0.1) is 0 Å². The first-order valence-electron chi connectivity index (χ1n) is 5.94. The van der Waals surface area contributed by atoms with E-state index in [0.717, 1.165) is 12.8 Å². The first-order valence-corrected chi connectivity index (χ1v) is 6.48. The molecule has 0 bridgehead atoms. The molecule has 1 aromatic rings. The molecule has 0 aliphatic carbocycles. The molecule has 6 heteroatoms. The summed E-state index contributed by atoms with van der Waals surface area (Å²) < 4.78 is 28.1. The van der Waals surface area contributed by atoms with Crippen molar-refractivity contribution in [1.29, 1.82) is 0 Å². The molecule has 1 unspecified atom stereocenters. The molecule has 0 saturated carbocycles. The lowest BCUT2D eigenvalue weighted by molar-refractivity contribution is -0.0498. The molecule has 0 fully saturated rings. The number of ether oxygens (including phenoxy) is 1. The second-order valence-corrected chi connectivity index (χ2v) is 4.49. The first kappa shape index (κ1) is 15.7. The van der Waals surface area contributed by atoms with Gasteiger partial charge in [-0.25, -0.2) is 0 Å². The van der Waals surface area contributed by atoms with E-state index in [1.54, 1.807) is 0 Å². The normalized spacial score (nSPS) is 12.3. The SMILES string of the molecule is CC(CCCCl)NC(=O)c1ccc(OC(F)F)cc1. The molecule has 0 aliphatic heterocycles. The minimum Gasteiger partial charge on any atom is -0.435 e. The van der Waals surface area contributed by atoms with Crippen molar-refractivity contribution in [3.8, 4) is 5.75 Å². The number of hydrogen-bond acceptors (Lipinski definition) is 2. The van der Waals surface area contributed by atoms with E-state index in [0.29, 0.717) is 11.4 Å². The zero-order valence-corrected chi connectivity index (χ0v) is 11.3. The molecule has 0 aliphatic rings. The summed E-state index contributed by atoms with van der Waals surface area (Å²) >= 11 is 5.57. The zero-order chi connectivity index (χ0) is 14.3. The minimum absolute atomic E-state index is 0.0169. The molecule has 106 valence electrons. The van der Waals surface area contributed by atoms with Gasteiger partial charge in [0.1, 0.15) is 5.75 Å². The Bertz CT molecular complexity index is 398. The van der Waals surface area contributed by atoms with Crippen molar-refractivity contribution in [3.05, 3.63) is 29.8 Å². The highest BCUT2D eigenvalue weighted by molar-refractivity contribution is 6.17. The van der Waals surface area contributed by atoms with E-state index in [9.17, 15) is 13.6 Å². The van der Waals surface area contributed by atoms with Gasteiger partial charge in [-0.15, -0.1) is 11.6 Å². The van der Waals surface area contributed by atoms with Crippen molar-refractivity contribution in [3.63, 3.8) is 0 Å². The fraction of sp³-hybridized carbons (Fsp3) is 0.462. The fourth-order valence-electron chi connectivity index (χ4n) is 1.55. The second-order valence-electron chi connectivity index (χ2n) is 4.11. The molecule has 0 heterocycles. The maximum absolute atomic E-state index is 12.0. The summed E-state index contributed by atoms with van der Waals surface area (Å²) in [6.07, 6.45) is 1.62. The van der Waals surface area contributed by atoms with E-state index >= 15 is 0 Å². The topological polar surface area (TPSA) is 38.3 Å². The highest BCUT2D eigenvalue weighted by Crippen LogP contribution is 2.15. The van der Waals surface area contributed by atoms with Crippen molar-refractivity contribution in [2.75, 3.05) is 5.88 Å². The monoisotopic (exact) mass is 291 g/mol. The van der Waals surface area contributed by atoms with E-state index in [4.69, 9.17) is 11.6 Å². The summed E-state index contributed by atoms with van der Waals surface area (Å²) in [4.78, 5) is 11.8. The Morgan fingerprint density at radius 3 is 2.53 bits per heavy atom. The maximum Gasteiger partial charge on any atom is 0.387 e. The third kappa shape index (κ3) is 5.87. The maximum atomic E-state index is 12.0. The van der Waals surface area contributed by atoms with Gasteiger partial charge in [0, 0.05) is 17.5 Å². The van der Waals surface area contributed by atoms with Gasteiger partial charge in [-0.1, -0.05) is 0 Å². The molecule has 1 amide bonds. The van der Waals surface area contributed by atoms with Crippen LogP contribution in [0.3, 0.4) is 0 Å². The summed E-state index contributed by atoms with van der Waals surface area (Å²) in [5.74, 6) is 0.340. The average molecular weight is 292 g/mol. The molecular weight excluding hydrogens is 276 g/mol. The van der Waals surface area contributed by atoms with Gasteiger partial charge < -0.3 is 10.1 Å². The van der Waals surface area contributed by atoms with E-state index in [-0.39, 0.29) is 17.7 Å². The van der Waals surface area contributed by atoms with Crippen molar-refractivity contribution < 1.29 is 18.3 Å². The van der Waals surface area contributed by atoms with Crippen LogP contribution in [-0.4, -0.2) is 24.4 Å². The highest BCUT2D eigenvalue weighted by atomic mass is 35.5. The lowest BCUT2D eigenvalue weighted by Gasteiger charge is -2.13. The van der Waals surface area contributed by atoms with Crippen molar-refractivity contribution in [2.45, 2.75) is 32.4 Å². The fourth-order valence-corrected chi connectivity index (χ4v) is 1.70. The van der Waals surface area contributed by atoms with Gasteiger partial charge in [0.15, 0.2) is 0 Å². The number of amides is 1. The number of benzene rings is 1. The van der Waals surface area contributed by atoms with E-state index < -0.39 is 6.61 Å². The van der Waals surface area contributed by atoms with Crippen LogP contribution in [0.2, 0.25) is 0 Å². The van der Waals surface area contributed by atoms with Crippen molar-refractivity contribution >= 4 is 17.5 Å². The Morgan fingerprint density at radius 1 is 1.37 bits per heavy atom. The average Bonchev–Trinajstić information content (AvgIpc) is 2.36. The number of nitrogens with one attached hydrogen (secondary N) is 1. The second kappa shape index (κ2) is 7.94. The predicted octanol–water partition coefficient (Wildman–Crippen LogP) is 3.43. The number of rotatable bonds is 7. The highest BCUT2D eigenvalue weighted by Gasteiger charge is 2.10.